The first-order chi connectivity index (χ1) is 11.8. The molecule has 0 aliphatic heterocycles. The molecule has 1 unspecified atom stereocenters. The summed E-state index contributed by atoms with van der Waals surface area (Å²) in [6, 6.07) is 8.72. The summed E-state index contributed by atoms with van der Waals surface area (Å²) in [6.45, 7) is 8.92. The SMILES string of the molecule is CCS(=O)(=O)NCCNC(=NC)NC(C)c1ccc(CC(C)C)cc1.I. The number of benzene rings is 1. The van der Waals surface area contributed by atoms with Gasteiger partial charge in [0.2, 0.25) is 10.0 Å². The van der Waals surface area contributed by atoms with Crippen molar-refractivity contribution >= 4 is 40.0 Å². The number of sulfonamides is 1. The minimum absolute atomic E-state index is 0. The number of hydrogen-bond acceptors (Lipinski definition) is 3. The standard InChI is InChI=1S/C18H32N4O2S.HI/c1-6-25(23,24)21-12-11-20-18(19-5)22-15(4)17-9-7-16(8-10-17)13-14(2)3;/h7-10,14-15,21H,6,11-13H2,1-5H3,(H2,19,20,22);1H. The van der Waals surface area contributed by atoms with Gasteiger partial charge in [-0.1, -0.05) is 38.1 Å². The van der Waals surface area contributed by atoms with Gasteiger partial charge in [0.15, 0.2) is 5.96 Å². The summed E-state index contributed by atoms with van der Waals surface area (Å²) < 4.78 is 25.3. The van der Waals surface area contributed by atoms with Gasteiger partial charge in [-0.05, 0) is 37.3 Å². The minimum Gasteiger partial charge on any atom is -0.355 e. The predicted molar refractivity (Wildman–Crippen MR) is 121 cm³/mol. The van der Waals surface area contributed by atoms with Crippen molar-refractivity contribution in [3.05, 3.63) is 35.4 Å². The van der Waals surface area contributed by atoms with E-state index in [1.807, 2.05) is 0 Å². The Morgan fingerprint density at radius 3 is 2.23 bits per heavy atom. The van der Waals surface area contributed by atoms with E-state index in [0.717, 1.165) is 6.42 Å². The molecule has 3 N–H and O–H groups in total. The maximum atomic E-state index is 11.4. The zero-order valence-corrected chi connectivity index (χ0v) is 19.5. The zero-order chi connectivity index (χ0) is 18.9. The summed E-state index contributed by atoms with van der Waals surface area (Å²) in [5, 5.41) is 6.43. The predicted octanol–water partition coefficient (Wildman–Crippen LogP) is 2.67. The Morgan fingerprint density at radius 1 is 1.12 bits per heavy atom. The number of hydrogen-bond donors (Lipinski definition) is 3. The van der Waals surface area contributed by atoms with Crippen LogP contribution in [-0.2, 0) is 16.4 Å². The fourth-order valence-corrected chi connectivity index (χ4v) is 3.00. The van der Waals surface area contributed by atoms with Crippen molar-refractivity contribution in [2.75, 3.05) is 25.9 Å². The Hall–Kier alpha value is -0.870. The smallest absolute Gasteiger partial charge is 0.211 e. The quantitative estimate of drug-likeness (QED) is 0.213. The molecule has 26 heavy (non-hydrogen) atoms. The summed E-state index contributed by atoms with van der Waals surface area (Å²) in [5.41, 5.74) is 2.53. The van der Waals surface area contributed by atoms with Crippen molar-refractivity contribution in [1.29, 1.82) is 0 Å². The van der Waals surface area contributed by atoms with Crippen LogP contribution in [0.25, 0.3) is 0 Å². The highest BCUT2D eigenvalue weighted by Gasteiger charge is 2.09. The van der Waals surface area contributed by atoms with E-state index in [1.54, 1.807) is 14.0 Å². The molecule has 0 saturated heterocycles. The fraction of sp³-hybridized carbons (Fsp3) is 0.611. The van der Waals surface area contributed by atoms with Gasteiger partial charge < -0.3 is 10.6 Å². The second kappa shape index (κ2) is 12.5. The van der Waals surface area contributed by atoms with Gasteiger partial charge in [-0.25, -0.2) is 13.1 Å². The van der Waals surface area contributed by atoms with Crippen LogP contribution < -0.4 is 15.4 Å². The van der Waals surface area contributed by atoms with E-state index in [0.29, 0.717) is 25.0 Å². The largest absolute Gasteiger partial charge is 0.355 e. The van der Waals surface area contributed by atoms with Crippen LogP contribution in [0.5, 0.6) is 0 Å². The van der Waals surface area contributed by atoms with Crippen molar-refractivity contribution in [1.82, 2.24) is 15.4 Å². The molecule has 0 radical (unpaired) electrons. The van der Waals surface area contributed by atoms with E-state index >= 15 is 0 Å². The lowest BCUT2D eigenvalue weighted by Crippen LogP contribution is -2.42. The Kier molecular flexibility index (Phi) is 12.1. The van der Waals surface area contributed by atoms with Gasteiger partial charge in [-0.3, -0.25) is 4.99 Å². The lowest BCUT2D eigenvalue weighted by Gasteiger charge is -2.19. The van der Waals surface area contributed by atoms with E-state index in [-0.39, 0.29) is 35.8 Å². The second-order valence-corrected chi connectivity index (χ2v) is 8.60. The Balaban J connectivity index is 0.00000625. The van der Waals surface area contributed by atoms with Crippen molar-refractivity contribution in [3.63, 3.8) is 0 Å². The van der Waals surface area contributed by atoms with Gasteiger partial charge in [0.25, 0.3) is 0 Å². The first-order valence-corrected chi connectivity index (χ1v) is 10.5. The summed E-state index contributed by atoms with van der Waals surface area (Å²) >= 11 is 0. The molecule has 0 aliphatic carbocycles. The monoisotopic (exact) mass is 496 g/mol. The molecule has 0 spiro atoms. The summed E-state index contributed by atoms with van der Waals surface area (Å²) in [4.78, 5) is 4.18. The maximum absolute atomic E-state index is 11.4. The Bertz CT molecular complexity index is 646. The average molecular weight is 496 g/mol. The highest BCUT2D eigenvalue weighted by Crippen LogP contribution is 2.15. The molecule has 0 aromatic heterocycles. The van der Waals surface area contributed by atoms with Crippen LogP contribution in [0.1, 0.15) is 44.9 Å². The molecule has 0 heterocycles. The topological polar surface area (TPSA) is 82.6 Å². The second-order valence-electron chi connectivity index (χ2n) is 6.50. The summed E-state index contributed by atoms with van der Waals surface area (Å²) in [5.74, 6) is 1.38. The number of halogens is 1. The van der Waals surface area contributed by atoms with Gasteiger partial charge in [0, 0.05) is 20.1 Å². The fourth-order valence-electron chi connectivity index (χ4n) is 2.39. The molecule has 6 nitrogen and oxygen atoms in total. The molecule has 0 aliphatic rings. The third-order valence-electron chi connectivity index (χ3n) is 3.82. The highest BCUT2D eigenvalue weighted by molar-refractivity contribution is 14.0. The van der Waals surface area contributed by atoms with Gasteiger partial charge >= 0.3 is 0 Å². The first kappa shape index (κ1) is 25.1. The van der Waals surface area contributed by atoms with E-state index in [4.69, 9.17) is 0 Å². The molecule has 0 fully saturated rings. The minimum atomic E-state index is -3.15. The van der Waals surface area contributed by atoms with Crippen molar-refractivity contribution < 1.29 is 8.42 Å². The van der Waals surface area contributed by atoms with Gasteiger partial charge in [-0.15, -0.1) is 24.0 Å². The molecule has 8 heteroatoms. The highest BCUT2D eigenvalue weighted by atomic mass is 127. The van der Waals surface area contributed by atoms with Crippen LogP contribution in [0, 0.1) is 5.92 Å². The normalized spacial score (nSPS) is 13.2. The van der Waals surface area contributed by atoms with E-state index < -0.39 is 10.0 Å². The number of aliphatic imine (C=N–C) groups is 1. The first-order valence-electron chi connectivity index (χ1n) is 8.80. The van der Waals surface area contributed by atoms with Crippen LogP contribution in [0.2, 0.25) is 0 Å². The van der Waals surface area contributed by atoms with Crippen LogP contribution in [0.15, 0.2) is 29.3 Å². The molecular formula is C18H33IN4O2S. The van der Waals surface area contributed by atoms with Crippen LogP contribution in [-0.4, -0.2) is 40.3 Å². The van der Waals surface area contributed by atoms with Crippen molar-refractivity contribution in [2.45, 2.75) is 40.2 Å². The van der Waals surface area contributed by atoms with E-state index in [1.165, 1.54) is 11.1 Å². The molecular weight excluding hydrogens is 463 g/mol. The molecule has 1 aromatic rings. The average Bonchev–Trinajstić information content (AvgIpc) is 2.57. The zero-order valence-electron chi connectivity index (χ0n) is 16.4. The number of nitrogens with one attached hydrogen (secondary N) is 3. The lowest BCUT2D eigenvalue weighted by atomic mass is 10.00. The molecule has 1 atom stereocenters. The number of guanidine groups is 1. The van der Waals surface area contributed by atoms with Crippen LogP contribution >= 0.6 is 24.0 Å². The van der Waals surface area contributed by atoms with E-state index in [9.17, 15) is 8.42 Å². The summed E-state index contributed by atoms with van der Waals surface area (Å²) in [7, 11) is -1.45. The van der Waals surface area contributed by atoms with Crippen molar-refractivity contribution in [3.8, 4) is 0 Å². The lowest BCUT2D eigenvalue weighted by molar-refractivity contribution is 0.581. The molecule has 150 valence electrons. The summed E-state index contributed by atoms with van der Waals surface area (Å²) in [6.07, 6.45) is 1.08. The number of rotatable bonds is 9. The third-order valence-corrected chi connectivity index (χ3v) is 5.22. The van der Waals surface area contributed by atoms with Gasteiger partial charge in [-0.2, -0.15) is 0 Å². The molecule has 0 amide bonds. The number of nitrogens with zero attached hydrogens (tertiary/aromatic N) is 1. The van der Waals surface area contributed by atoms with Crippen molar-refractivity contribution in [2.24, 2.45) is 10.9 Å². The Morgan fingerprint density at radius 2 is 1.73 bits per heavy atom. The Labute approximate surface area is 175 Å². The molecule has 1 rings (SSSR count). The molecule has 0 saturated carbocycles. The molecule has 0 bridgehead atoms. The van der Waals surface area contributed by atoms with Crippen LogP contribution in [0.4, 0.5) is 0 Å². The van der Waals surface area contributed by atoms with Crippen LogP contribution in [0.3, 0.4) is 0 Å². The van der Waals surface area contributed by atoms with E-state index in [2.05, 4.69) is 65.4 Å². The van der Waals surface area contributed by atoms with Gasteiger partial charge in [0.1, 0.15) is 0 Å². The third kappa shape index (κ3) is 9.72. The maximum Gasteiger partial charge on any atom is 0.211 e. The molecule has 1 aromatic carbocycles. The van der Waals surface area contributed by atoms with Gasteiger partial charge in [0.05, 0.1) is 11.8 Å².